The largest absolute Gasteiger partial charge is 0.494 e. The van der Waals surface area contributed by atoms with Crippen molar-refractivity contribution < 1.29 is 24.1 Å². The van der Waals surface area contributed by atoms with Crippen LogP contribution >= 0.6 is 0 Å². The number of carboxylic acids is 1. The third kappa shape index (κ3) is 5.20. The molecule has 3 aromatic carbocycles. The molecule has 1 aliphatic carbocycles. The molecule has 5 nitrogen and oxygen atoms in total. The zero-order valence-electron chi connectivity index (χ0n) is 20.8. The number of unbranched alkanes of at least 4 members (excludes halogenated alkanes) is 1. The number of carbonyl (C=O) groups is 1. The Morgan fingerprint density at radius 3 is 2.29 bits per heavy atom. The first-order valence-electron chi connectivity index (χ1n) is 12.4. The average molecular weight is 475 g/mol. The van der Waals surface area contributed by atoms with Crippen LogP contribution in [0, 0.1) is 0 Å². The van der Waals surface area contributed by atoms with Gasteiger partial charge in [0.25, 0.3) is 0 Å². The van der Waals surface area contributed by atoms with Crippen LogP contribution in [0.2, 0.25) is 0 Å². The lowest BCUT2D eigenvalue weighted by Gasteiger charge is -2.25. The van der Waals surface area contributed by atoms with E-state index < -0.39 is 11.6 Å². The molecule has 1 N–H and O–H groups in total. The second kappa shape index (κ2) is 11.0. The molecule has 0 bridgehead atoms. The molecule has 0 amide bonds. The summed E-state index contributed by atoms with van der Waals surface area (Å²) in [6.07, 6.45) is 3.01. The van der Waals surface area contributed by atoms with Crippen molar-refractivity contribution in [3.8, 4) is 22.6 Å². The van der Waals surface area contributed by atoms with E-state index in [0.717, 1.165) is 31.6 Å². The van der Waals surface area contributed by atoms with Gasteiger partial charge in [-0.25, -0.2) is 4.79 Å². The first kappa shape index (κ1) is 24.8. The Hall–Kier alpha value is -3.31. The Morgan fingerprint density at radius 2 is 1.57 bits per heavy atom. The molecule has 4 rings (SSSR count). The summed E-state index contributed by atoms with van der Waals surface area (Å²) >= 11 is 0. The molecule has 0 spiro atoms. The van der Waals surface area contributed by atoms with Crippen molar-refractivity contribution in [3.05, 3.63) is 83.4 Å². The fourth-order valence-corrected chi connectivity index (χ4v) is 4.74. The van der Waals surface area contributed by atoms with Crippen molar-refractivity contribution in [3.63, 3.8) is 0 Å². The first-order chi connectivity index (χ1) is 17.0. The van der Waals surface area contributed by atoms with E-state index in [1.807, 2.05) is 12.1 Å². The highest BCUT2D eigenvalue weighted by molar-refractivity contribution is 5.80. The minimum absolute atomic E-state index is 0.262. The predicted molar refractivity (Wildman–Crippen MR) is 137 cm³/mol. The highest BCUT2D eigenvalue weighted by atomic mass is 16.5. The molecule has 0 saturated heterocycles. The number of hydrogen-bond donors (Lipinski definition) is 1. The van der Waals surface area contributed by atoms with Crippen LogP contribution < -0.4 is 9.47 Å². The molecule has 0 radical (unpaired) electrons. The van der Waals surface area contributed by atoms with Crippen molar-refractivity contribution in [2.24, 2.45) is 0 Å². The number of aliphatic carboxylic acids is 1. The molecule has 0 aromatic heterocycles. The normalized spacial score (nSPS) is 15.7. The van der Waals surface area contributed by atoms with Gasteiger partial charge in [-0.15, -0.1) is 0 Å². The summed E-state index contributed by atoms with van der Waals surface area (Å²) in [5, 5.41) is 9.62. The van der Waals surface area contributed by atoms with Gasteiger partial charge in [-0.1, -0.05) is 55.8 Å². The molecule has 0 saturated carbocycles. The average Bonchev–Trinajstić information content (AvgIpc) is 3.18. The van der Waals surface area contributed by atoms with Crippen LogP contribution in [0.4, 0.5) is 0 Å². The molecule has 35 heavy (non-hydrogen) atoms. The van der Waals surface area contributed by atoms with Crippen LogP contribution in [0.3, 0.4) is 0 Å². The molecule has 1 aliphatic rings. The van der Waals surface area contributed by atoms with Gasteiger partial charge in [-0.2, -0.15) is 0 Å². The summed E-state index contributed by atoms with van der Waals surface area (Å²) < 4.78 is 17.5. The van der Waals surface area contributed by atoms with E-state index >= 15 is 0 Å². The molecule has 2 unspecified atom stereocenters. The Labute approximate surface area is 207 Å². The molecular weight excluding hydrogens is 440 g/mol. The minimum atomic E-state index is -1.37. The highest BCUT2D eigenvalue weighted by Gasteiger charge is 2.36. The summed E-state index contributed by atoms with van der Waals surface area (Å²) in [7, 11) is 0. The minimum Gasteiger partial charge on any atom is -0.494 e. The van der Waals surface area contributed by atoms with Gasteiger partial charge in [-0.3, -0.25) is 0 Å². The van der Waals surface area contributed by atoms with Gasteiger partial charge in [0.1, 0.15) is 11.5 Å². The lowest BCUT2D eigenvalue weighted by Crippen LogP contribution is -2.35. The lowest BCUT2D eigenvalue weighted by atomic mass is 9.94. The molecule has 0 aliphatic heterocycles. The fourth-order valence-electron chi connectivity index (χ4n) is 4.74. The third-order valence-corrected chi connectivity index (χ3v) is 6.71. The SMILES string of the molecule is CCCCOc1ccc2c(c1)-c1ccccc1C2CCOc1ccc(C(C)(OCC)C(=O)O)cc1. The second-order valence-corrected chi connectivity index (χ2v) is 9.02. The van der Waals surface area contributed by atoms with Crippen LogP contribution in [0.1, 0.15) is 62.6 Å². The smallest absolute Gasteiger partial charge is 0.340 e. The van der Waals surface area contributed by atoms with E-state index in [1.165, 1.54) is 22.3 Å². The number of ether oxygens (including phenoxy) is 3. The molecule has 3 aromatic rings. The number of fused-ring (bicyclic) bond motifs is 3. The van der Waals surface area contributed by atoms with E-state index in [9.17, 15) is 9.90 Å². The van der Waals surface area contributed by atoms with Crippen molar-refractivity contribution in [2.75, 3.05) is 19.8 Å². The summed E-state index contributed by atoms with van der Waals surface area (Å²) in [6, 6.07) is 22.1. The Balaban J connectivity index is 1.45. The summed E-state index contributed by atoms with van der Waals surface area (Å²) in [5.41, 5.74) is 4.36. The molecule has 0 fully saturated rings. The predicted octanol–water partition coefficient (Wildman–Crippen LogP) is 6.78. The lowest BCUT2D eigenvalue weighted by molar-refractivity contribution is -0.164. The van der Waals surface area contributed by atoms with Gasteiger partial charge >= 0.3 is 5.97 Å². The molecule has 2 atom stereocenters. The van der Waals surface area contributed by atoms with Crippen LogP contribution in [0.5, 0.6) is 11.5 Å². The van der Waals surface area contributed by atoms with Crippen LogP contribution in [-0.2, 0) is 15.1 Å². The number of benzene rings is 3. The van der Waals surface area contributed by atoms with E-state index in [0.29, 0.717) is 24.5 Å². The van der Waals surface area contributed by atoms with E-state index in [4.69, 9.17) is 14.2 Å². The van der Waals surface area contributed by atoms with Crippen molar-refractivity contribution in [1.82, 2.24) is 0 Å². The van der Waals surface area contributed by atoms with Crippen molar-refractivity contribution in [1.29, 1.82) is 0 Å². The standard InChI is InChI=1S/C30H34O5/c1-4-6-18-33-23-15-16-26-27(24-9-7-8-10-25(24)28(26)20-23)17-19-34-22-13-11-21(12-14-22)30(3,29(31)32)35-5-2/h7-16,20,27H,4-6,17-19H2,1-3H3,(H,31,32). The van der Waals surface area contributed by atoms with Gasteiger partial charge < -0.3 is 19.3 Å². The third-order valence-electron chi connectivity index (χ3n) is 6.71. The van der Waals surface area contributed by atoms with Gasteiger partial charge in [0, 0.05) is 12.5 Å². The van der Waals surface area contributed by atoms with Crippen LogP contribution in [0.25, 0.3) is 11.1 Å². The Kier molecular flexibility index (Phi) is 7.76. The van der Waals surface area contributed by atoms with Gasteiger partial charge in [-0.05, 0) is 78.8 Å². The maximum atomic E-state index is 11.7. The number of hydrogen-bond acceptors (Lipinski definition) is 4. The second-order valence-electron chi connectivity index (χ2n) is 9.02. The summed E-state index contributed by atoms with van der Waals surface area (Å²) in [4.78, 5) is 11.7. The van der Waals surface area contributed by atoms with E-state index in [2.05, 4.69) is 49.4 Å². The molecular formula is C30H34O5. The maximum absolute atomic E-state index is 11.7. The van der Waals surface area contributed by atoms with Crippen LogP contribution in [0.15, 0.2) is 66.7 Å². The maximum Gasteiger partial charge on any atom is 0.340 e. The summed E-state index contributed by atoms with van der Waals surface area (Å²) in [5.74, 6) is 0.887. The van der Waals surface area contributed by atoms with Gasteiger partial charge in [0.15, 0.2) is 5.60 Å². The first-order valence-corrected chi connectivity index (χ1v) is 12.4. The van der Waals surface area contributed by atoms with Gasteiger partial charge in [0.05, 0.1) is 13.2 Å². The van der Waals surface area contributed by atoms with Crippen LogP contribution in [-0.4, -0.2) is 30.9 Å². The molecule has 5 heteroatoms. The zero-order valence-corrected chi connectivity index (χ0v) is 20.8. The number of carboxylic acid groups (broad SMARTS) is 1. The quantitative estimate of drug-likeness (QED) is 0.293. The van der Waals surface area contributed by atoms with Crippen molar-refractivity contribution >= 4 is 5.97 Å². The highest BCUT2D eigenvalue weighted by Crippen LogP contribution is 2.47. The Bertz CT molecular complexity index is 1150. The fraction of sp³-hybridized carbons (Fsp3) is 0.367. The summed E-state index contributed by atoms with van der Waals surface area (Å²) in [6.45, 7) is 7.13. The molecule has 184 valence electrons. The van der Waals surface area contributed by atoms with E-state index in [-0.39, 0.29) is 5.92 Å². The van der Waals surface area contributed by atoms with Crippen molar-refractivity contribution in [2.45, 2.75) is 51.6 Å². The molecule has 0 heterocycles. The van der Waals surface area contributed by atoms with E-state index in [1.54, 1.807) is 26.0 Å². The number of rotatable bonds is 12. The monoisotopic (exact) mass is 474 g/mol. The Morgan fingerprint density at radius 1 is 0.886 bits per heavy atom. The topological polar surface area (TPSA) is 65.0 Å². The van der Waals surface area contributed by atoms with Gasteiger partial charge in [0.2, 0.25) is 0 Å². The zero-order chi connectivity index (χ0) is 24.8.